The minimum absolute atomic E-state index is 0.102. The molecular formula is C14H13ClFN3O4. The number of aliphatic hydroxyl groups excluding tert-OH is 1. The van der Waals surface area contributed by atoms with E-state index < -0.39 is 30.0 Å². The Morgan fingerprint density at radius 1 is 1.52 bits per heavy atom. The Morgan fingerprint density at radius 2 is 2.22 bits per heavy atom. The number of nitrogens with one attached hydrogen (secondary N) is 1. The van der Waals surface area contributed by atoms with Gasteiger partial charge in [0.25, 0.3) is 5.56 Å². The van der Waals surface area contributed by atoms with Crippen LogP contribution in [-0.4, -0.2) is 38.1 Å². The van der Waals surface area contributed by atoms with E-state index in [2.05, 4.69) is 10.3 Å². The highest BCUT2D eigenvalue weighted by atomic mass is 35.5. The second kappa shape index (κ2) is 5.47. The first-order valence-corrected chi connectivity index (χ1v) is 7.23. The van der Waals surface area contributed by atoms with Gasteiger partial charge >= 0.3 is 6.09 Å². The van der Waals surface area contributed by atoms with Gasteiger partial charge in [-0.15, -0.1) is 0 Å². The Balaban J connectivity index is 2.17. The zero-order chi connectivity index (χ0) is 16.8. The van der Waals surface area contributed by atoms with Crippen molar-refractivity contribution in [1.29, 1.82) is 0 Å². The molecule has 0 unspecified atom stereocenters. The first-order valence-electron chi connectivity index (χ1n) is 6.85. The maximum Gasteiger partial charge on any atom is 0.411 e. The number of hydrogen-bond donors (Lipinski definition) is 3. The van der Waals surface area contributed by atoms with E-state index >= 15 is 0 Å². The van der Waals surface area contributed by atoms with Crippen molar-refractivity contribution in [2.24, 2.45) is 0 Å². The summed E-state index contributed by atoms with van der Waals surface area (Å²) in [5.74, 6) is -0.192. The molecule has 1 amide bonds. The maximum absolute atomic E-state index is 13.9. The molecule has 1 fully saturated rings. The standard InChI is InChI=1S/C14H13ClFN3O4/c15-8-2-1-3-9-10(8)11(21)19(12(17-9)18-13(22)23)7-4-14(16,5-7)6-20/h1-3,7,20H,4-6H2,(H,17,18)(H,22,23). The molecule has 0 bridgehead atoms. The Labute approximate surface area is 134 Å². The first-order chi connectivity index (χ1) is 10.8. The minimum Gasteiger partial charge on any atom is -0.465 e. The number of carboxylic acid groups (broad SMARTS) is 1. The molecule has 2 aromatic rings. The molecule has 0 radical (unpaired) electrons. The second-order valence-corrected chi connectivity index (χ2v) is 5.95. The van der Waals surface area contributed by atoms with E-state index in [0.29, 0.717) is 0 Å². The summed E-state index contributed by atoms with van der Waals surface area (Å²) in [7, 11) is 0. The van der Waals surface area contributed by atoms with Crippen LogP contribution in [0.4, 0.5) is 15.1 Å². The van der Waals surface area contributed by atoms with E-state index in [9.17, 15) is 14.0 Å². The van der Waals surface area contributed by atoms with E-state index in [1.165, 1.54) is 12.1 Å². The molecule has 7 nitrogen and oxygen atoms in total. The number of aliphatic hydroxyl groups is 1. The summed E-state index contributed by atoms with van der Waals surface area (Å²) in [5, 5.41) is 20.3. The average Bonchev–Trinajstić information content (AvgIpc) is 2.44. The summed E-state index contributed by atoms with van der Waals surface area (Å²) < 4.78 is 15.0. The highest BCUT2D eigenvalue weighted by Gasteiger charge is 2.46. The lowest BCUT2D eigenvalue weighted by atomic mass is 9.77. The Hall–Kier alpha value is -2.19. The predicted octanol–water partition coefficient (Wildman–Crippen LogP) is 2.18. The fourth-order valence-corrected chi connectivity index (χ4v) is 3.07. The number of amides is 1. The molecule has 3 rings (SSSR count). The smallest absolute Gasteiger partial charge is 0.411 e. The molecule has 1 saturated carbocycles. The van der Waals surface area contributed by atoms with Gasteiger partial charge in [-0.25, -0.2) is 14.2 Å². The second-order valence-electron chi connectivity index (χ2n) is 5.55. The molecule has 0 atom stereocenters. The zero-order valence-corrected chi connectivity index (χ0v) is 12.5. The molecule has 1 aromatic carbocycles. The fraction of sp³-hybridized carbons (Fsp3) is 0.357. The average molecular weight is 342 g/mol. The number of hydrogen-bond acceptors (Lipinski definition) is 4. The van der Waals surface area contributed by atoms with E-state index in [1.807, 2.05) is 0 Å². The van der Waals surface area contributed by atoms with Crippen LogP contribution in [0.25, 0.3) is 10.9 Å². The largest absolute Gasteiger partial charge is 0.465 e. The number of nitrogens with zero attached hydrogens (tertiary/aromatic N) is 2. The molecular weight excluding hydrogens is 329 g/mol. The third-order valence-electron chi connectivity index (χ3n) is 3.95. The Bertz CT molecular complexity index is 848. The summed E-state index contributed by atoms with van der Waals surface area (Å²) >= 11 is 6.04. The molecule has 1 aliphatic rings. The van der Waals surface area contributed by atoms with Crippen molar-refractivity contribution < 1.29 is 19.4 Å². The van der Waals surface area contributed by atoms with Crippen molar-refractivity contribution in [2.45, 2.75) is 24.6 Å². The van der Waals surface area contributed by atoms with Gasteiger partial charge in [-0.2, -0.15) is 0 Å². The van der Waals surface area contributed by atoms with Crippen LogP contribution in [0.3, 0.4) is 0 Å². The van der Waals surface area contributed by atoms with Crippen LogP contribution in [0.5, 0.6) is 0 Å². The third-order valence-corrected chi connectivity index (χ3v) is 4.26. The van der Waals surface area contributed by atoms with Gasteiger partial charge < -0.3 is 10.2 Å². The molecule has 0 spiro atoms. The topological polar surface area (TPSA) is 104 Å². The lowest BCUT2D eigenvalue weighted by molar-refractivity contribution is -0.0337. The van der Waals surface area contributed by atoms with Crippen molar-refractivity contribution in [3.63, 3.8) is 0 Å². The van der Waals surface area contributed by atoms with Gasteiger partial charge in [-0.1, -0.05) is 17.7 Å². The van der Waals surface area contributed by atoms with Gasteiger partial charge in [-0.3, -0.25) is 14.7 Å². The van der Waals surface area contributed by atoms with E-state index in [-0.39, 0.29) is 34.7 Å². The number of aromatic nitrogens is 2. The number of rotatable bonds is 3. The van der Waals surface area contributed by atoms with Crippen LogP contribution in [-0.2, 0) is 0 Å². The van der Waals surface area contributed by atoms with Crippen molar-refractivity contribution in [3.05, 3.63) is 33.6 Å². The number of halogens is 2. The summed E-state index contributed by atoms with van der Waals surface area (Å²) in [4.78, 5) is 27.8. The van der Waals surface area contributed by atoms with Gasteiger partial charge in [0.1, 0.15) is 5.67 Å². The third kappa shape index (κ3) is 2.64. The van der Waals surface area contributed by atoms with Crippen LogP contribution in [0, 0.1) is 0 Å². The summed E-state index contributed by atoms with van der Waals surface area (Å²) in [6.45, 7) is -0.651. The van der Waals surface area contributed by atoms with Gasteiger partial charge in [0.05, 0.1) is 22.5 Å². The molecule has 0 saturated heterocycles. The molecule has 122 valence electrons. The fourth-order valence-electron chi connectivity index (χ4n) is 2.82. The van der Waals surface area contributed by atoms with Crippen molar-refractivity contribution >= 4 is 34.5 Å². The Kier molecular flexibility index (Phi) is 3.73. The molecule has 9 heteroatoms. The van der Waals surface area contributed by atoms with Gasteiger partial charge in [0.15, 0.2) is 0 Å². The monoisotopic (exact) mass is 341 g/mol. The van der Waals surface area contributed by atoms with E-state index in [1.54, 1.807) is 6.07 Å². The van der Waals surface area contributed by atoms with Crippen LogP contribution in [0.2, 0.25) is 5.02 Å². The normalized spacial score (nSPS) is 23.5. The van der Waals surface area contributed by atoms with Crippen LogP contribution in [0.15, 0.2) is 23.0 Å². The van der Waals surface area contributed by atoms with Crippen LogP contribution >= 0.6 is 11.6 Å². The lowest BCUT2D eigenvalue weighted by Gasteiger charge is -2.41. The SMILES string of the molecule is O=C(O)Nc1nc2cccc(Cl)c2c(=O)n1C1CC(F)(CO)C1. The minimum atomic E-state index is -1.76. The van der Waals surface area contributed by atoms with E-state index in [0.717, 1.165) is 4.57 Å². The number of benzene rings is 1. The molecule has 23 heavy (non-hydrogen) atoms. The van der Waals surface area contributed by atoms with Crippen LogP contribution < -0.4 is 10.9 Å². The van der Waals surface area contributed by atoms with Crippen molar-refractivity contribution in [3.8, 4) is 0 Å². The zero-order valence-electron chi connectivity index (χ0n) is 11.8. The molecule has 1 heterocycles. The number of alkyl halides is 1. The van der Waals surface area contributed by atoms with Crippen LogP contribution in [0.1, 0.15) is 18.9 Å². The van der Waals surface area contributed by atoms with Gasteiger partial charge in [0.2, 0.25) is 5.95 Å². The Morgan fingerprint density at radius 3 is 2.83 bits per heavy atom. The summed E-state index contributed by atoms with van der Waals surface area (Å²) in [6.07, 6.45) is -1.59. The quantitative estimate of drug-likeness (QED) is 0.793. The van der Waals surface area contributed by atoms with Gasteiger partial charge in [-0.05, 0) is 12.1 Å². The van der Waals surface area contributed by atoms with Crippen molar-refractivity contribution in [1.82, 2.24) is 9.55 Å². The maximum atomic E-state index is 13.9. The number of carbonyl (C=O) groups is 1. The number of fused-ring (bicyclic) bond motifs is 1. The molecule has 3 N–H and O–H groups in total. The van der Waals surface area contributed by atoms with E-state index in [4.69, 9.17) is 21.8 Å². The van der Waals surface area contributed by atoms with Gasteiger partial charge in [0, 0.05) is 18.9 Å². The first kappa shape index (κ1) is 15.7. The summed E-state index contributed by atoms with van der Waals surface area (Å²) in [5.41, 5.74) is -2.06. The van der Waals surface area contributed by atoms with Crippen molar-refractivity contribution in [2.75, 3.05) is 11.9 Å². The molecule has 1 aliphatic carbocycles. The molecule has 0 aliphatic heterocycles. The summed E-state index contributed by atoms with van der Waals surface area (Å²) in [6, 6.07) is 4.05. The highest BCUT2D eigenvalue weighted by molar-refractivity contribution is 6.35. The number of anilines is 1. The highest BCUT2D eigenvalue weighted by Crippen LogP contribution is 2.44. The lowest BCUT2D eigenvalue weighted by Crippen LogP contribution is -2.47. The molecule has 1 aromatic heterocycles. The predicted molar refractivity (Wildman–Crippen MR) is 81.9 cm³/mol.